The van der Waals surface area contributed by atoms with Crippen LogP contribution >= 0.6 is 15.9 Å². The van der Waals surface area contributed by atoms with Crippen LogP contribution in [0, 0.1) is 0 Å². The van der Waals surface area contributed by atoms with Gasteiger partial charge in [-0.05, 0) is 42.5 Å². The highest BCUT2D eigenvalue weighted by Crippen LogP contribution is 2.28. The summed E-state index contributed by atoms with van der Waals surface area (Å²) >= 11 is 3.37. The summed E-state index contributed by atoms with van der Waals surface area (Å²) in [6.07, 6.45) is 0. The van der Waals surface area contributed by atoms with Crippen LogP contribution < -0.4 is 14.2 Å². The topological polar surface area (TPSA) is 54.0 Å². The van der Waals surface area contributed by atoms with Crippen LogP contribution in [-0.2, 0) is 4.74 Å². The van der Waals surface area contributed by atoms with Gasteiger partial charge in [0.05, 0.1) is 19.8 Å². The predicted molar refractivity (Wildman–Crippen MR) is 89.5 cm³/mol. The lowest BCUT2D eigenvalue weighted by Gasteiger charge is -2.12. The van der Waals surface area contributed by atoms with Crippen LogP contribution in [0.2, 0.25) is 0 Å². The summed E-state index contributed by atoms with van der Waals surface area (Å²) in [5.41, 5.74) is 0.405. The van der Waals surface area contributed by atoms with Crippen molar-refractivity contribution in [3.8, 4) is 17.2 Å². The average Bonchev–Trinajstić information content (AvgIpc) is 2.59. The highest BCUT2D eigenvalue weighted by Gasteiger charge is 2.11. The number of carbonyl (C=O) groups is 1. The fraction of sp³-hybridized carbons (Fsp3) is 0.235. The highest BCUT2D eigenvalue weighted by atomic mass is 79.9. The molecule has 0 atom stereocenters. The molecular formula is C17H17BrO5. The highest BCUT2D eigenvalue weighted by molar-refractivity contribution is 9.10. The van der Waals surface area contributed by atoms with Gasteiger partial charge in [0, 0.05) is 4.47 Å². The van der Waals surface area contributed by atoms with Crippen LogP contribution in [0.25, 0.3) is 0 Å². The molecule has 122 valence electrons. The second-order valence-electron chi connectivity index (χ2n) is 4.51. The summed E-state index contributed by atoms with van der Waals surface area (Å²) in [4.78, 5) is 11.5. The van der Waals surface area contributed by atoms with E-state index in [1.54, 1.807) is 18.2 Å². The van der Waals surface area contributed by atoms with Gasteiger partial charge in [-0.15, -0.1) is 0 Å². The minimum atomic E-state index is -0.423. The quantitative estimate of drug-likeness (QED) is 0.541. The van der Waals surface area contributed by atoms with Crippen LogP contribution in [0.3, 0.4) is 0 Å². The molecule has 0 spiro atoms. The lowest BCUT2D eigenvalue weighted by molar-refractivity contribution is 0.0600. The second kappa shape index (κ2) is 8.43. The van der Waals surface area contributed by atoms with Crippen molar-refractivity contribution in [2.24, 2.45) is 0 Å². The van der Waals surface area contributed by atoms with Gasteiger partial charge in [-0.25, -0.2) is 4.79 Å². The van der Waals surface area contributed by atoms with Gasteiger partial charge < -0.3 is 18.9 Å². The van der Waals surface area contributed by atoms with E-state index in [1.165, 1.54) is 14.2 Å². The molecule has 2 aromatic carbocycles. The van der Waals surface area contributed by atoms with Gasteiger partial charge in [0.1, 0.15) is 19.0 Å². The van der Waals surface area contributed by atoms with Crippen LogP contribution in [0.5, 0.6) is 17.2 Å². The molecule has 0 aliphatic carbocycles. The first-order valence-corrected chi connectivity index (χ1v) is 7.71. The first-order valence-electron chi connectivity index (χ1n) is 6.91. The number of ether oxygens (including phenoxy) is 4. The van der Waals surface area contributed by atoms with Gasteiger partial charge in [-0.3, -0.25) is 0 Å². The van der Waals surface area contributed by atoms with E-state index < -0.39 is 5.97 Å². The molecule has 2 aromatic rings. The standard InChI is InChI=1S/C17H17BrO5/c1-20-16-11-12(17(19)21-2)3-8-15(16)23-10-9-22-14-6-4-13(18)5-7-14/h3-8,11H,9-10H2,1-2H3. The van der Waals surface area contributed by atoms with E-state index >= 15 is 0 Å². The average molecular weight is 381 g/mol. The molecule has 0 unspecified atom stereocenters. The van der Waals surface area contributed by atoms with Crippen LogP contribution in [0.4, 0.5) is 0 Å². The monoisotopic (exact) mass is 380 g/mol. The van der Waals surface area contributed by atoms with Crippen molar-refractivity contribution < 1.29 is 23.7 Å². The molecule has 23 heavy (non-hydrogen) atoms. The van der Waals surface area contributed by atoms with E-state index in [2.05, 4.69) is 20.7 Å². The smallest absolute Gasteiger partial charge is 0.337 e. The number of methoxy groups -OCH3 is 2. The van der Waals surface area contributed by atoms with E-state index in [1.807, 2.05) is 24.3 Å². The zero-order chi connectivity index (χ0) is 16.7. The fourth-order valence-electron chi connectivity index (χ4n) is 1.87. The normalized spacial score (nSPS) is 10.0. The summed E-state index contributed by atoms with van der Waals surface area (Å²) in [5, 5.41) is 0. The predicted octanol–water partition coefficient (Wildman–Crippen LogP) is 3.70. The van der Waals surface area contributed by atoms with Gasteiger partial charge in [0.25, 0.3) is 0 Å². The minimum absolute atomic E-state index is 0.351. The van der Waals surface area contributed by atoms with Gasteiger partial charge >= 0.3 is 5.97 Å². The molecule has 0 amide bonds. The van der Waals surface area contributed by atoms with Crippen molar-refractivity contribution in [1.82, 2.24) is 0 Å². The Morgan fingerprint density at radius 1 is 0.957 bits per heavy atom. The maximum atomic E-state index is 11.5. The van der Waals surface area contributed by atoms with Crippen molar-refractivity contribution in [1.29, 1.82) is 0 Å². The molecule has 6 heteroatoms. The summed E-state index contributed by atoms with van der Waals surface area (Å²) in [6.45, 7) is 0.744. The Bertz CT molecular complexity index is 655. The summed E-state index contributed by atoms with van der Waals surface area (Å²) in [6, 6.07) is 12.4. The third-order valence-corrected chi connectivity index (χ3v) is 3.54. The van der Waals surface area contributed by atoms with Crippen LogP contribution in [-0.4, -0.2) is 33.4 Å². The summed E-state index contributed by atoms with van der Waals surface area (Å²) < 4.78 is 22.1. The SMILES string of the molecule is COC(=O)c1ccc(OCCOc2ccc(Br)cc2)c(OC)c1. The Morgan fingerprint density at radius 3 is 2.30 bits per heavy atom. The number of esters is 1. The molecule has 0 aliphatic rings. The molecule has 5 nitrogen and oxygen atoms in total. The van der Waals surface area contributed by atoms with E-state index in [4.69, 9.17) is 14.2 Å². The molecule has 0 fully saturated rings. The second-order valence-corrected chi connectivity index (χ2v) is 5.42. The minimum Gasteiger partial charge on any atom is -0.493 e. The van der Waals surface area contributed by atoms with E-state index in [0.29, 0.717) is 30.3 Å². The number of hydrogen-bond donors (Lipinski definition) is 0. The maximum absolute atomic E-state index is 11.5. The largest absolute Gasteiger partial charge is 0.493 e. The van der Waals surface area contributed by atoms with Gasteiger partial charge in [-0.2, -0.15) is 0 Å². The van der Waals surface area contributed by atoms with Crippen molar-refractivity contribution in [2.45, 2.75) is 0 Å². The molecular weight excluding hydrogens is 364 g/mol. The lowest BCUT2D eigenvalue weighted by Crippen LogP contribution is -2.10. The molecule has 0 N–H and O–H groups in total. The third kappa shape index (κ3) is 4.89. The zero-order valence-electron chi connectivity index (χ0n) is 12.9. The number of carbonyl (C=O) groups excluding carboxylic acids is 1. The Balaban J connectivity index is 1.89. The summed E-state index contributed by atoms with van der Waals surface area (Å²) in [7, 11) is 2.85. The number of rotatable bonds is 7. The number of benzene rings is 2. The first kappa shape index (κ1) is 17.1. The van der Waals surface area contributed by atoms with Crippen LogP contribution in [0.15, 0.2) is 46.9 Å². The molecule has 2 rings (SSSR count). The van der Waals surface area contributed by atoms with Crippen molar-refractivity contribution in [3.63, 3.8) is 0 Å². The van der Waals surface area contributed by atoms with Crippen LogP contribution in [0.1, 0.15) is 10.4 Å². The molecule has 0 radical (unpaired) electrons. The van der Waals surface area contributed by atoms with E-state index in [0.717, 1.165) is 10.2 Å². The molecule has 0 aliphatic heterocycles. The van der Waals surface area contributed by atoms with Crippen molar-refractivity contribution in [2.75, 3.05) is 27.4 Å². The maximum Gasteiger partial charge on any atom is 0.337 e. The van der Waals surface area contributed by atoms with E-state index in [9.17, 15) is 4.79 Å². The molecule has 0 bridgehead atoms. The lowest BCUT2D eigenvalue weighted by atomic mass is 10.2. The molecule has 0 saturated heterocycles. The Hall–Kier alpha value is -2.21. The Morgan fingerprint density at radius 2 is 1.65 bits per heavy atom. The third-order valence-electron chi connectivity index (χ3n) is 3.01. The van der Waals surface area contributed by atoms with Gasteiger partial charge in [-0.1, -0.05) is 15.9 Å². The van der Waals surface area contributed by atoms with E-state index in [-0.39, 0.29) is 0 Å². The first-order chi connectivity index (χ1) is 11.1. The van der Waals surface area contributed by atoms with Crippen molar-refractivity contribution >= 4 is 21.9 Å². The zero-order valence-corrected chi connectivity index (χ0v) is 14.5. The van der Waals surface area contributed by atoms with Crippen molar-refractivity contribution in [3.05, 3.63) is 52.5 Å². The molecule has 0 saturated carbocycles. The molecule has 0 heterocycles. The van der Waals surface area contributed by atoms with Gasteiger partial charge in [0.15, 0.2) is 11.5 Å². The summed E-state index contributed by atoms with van der Waals surface area (Å²) in [5.74, 6) is 1.36. The van der Waals surface area contributed by atoms with Gasteiger partial charge in [0.2, 0.25) is 0 Å². The Labute approximate surface area is 143 Å². The number of halogens is 1. The fourth-order valence-corrected chi connectivity index (χ4v) is 2.14. The Kier molecular flexibility index (Phi) is 6.29. The molecule has 0 aromatic heterocycles. The number of hydrogen-bond acceptors (Lipinski definition) is 5.